The predicted octanol–water partition coefficient (Wildman–Crippen LogP) is 6.11. The molecule has 4 rings (SSSR count). The molecule has 0 fully saturated rings. The fraction of sp³-hybridized carbons (Fsp3) is 0.182. The van der Waals surface area contributed by atoms with E-state index in [2.05, 4.69) is 139 Å². The van der Waals surface area contributed by atoms with Crippen LogP contribution in [0.4, 0.5) is 0 Å². The maximum absolute atomic E-state index is 4.21. The van der Waals surface area contributed by atoms with E-state index in [1.807, 2.05) is 6.08 Å². The summed E-state index contributed by atoms with van der Waals surface area (Å²) in [5.41, 5.74) is 12.1. The fourth-order valence-electron chi connectivity index (χ4n) is 5.54. The molecule has 36 heavy (non-hydrogen) atoms. The van der Waals surface area contributed by atoms with Crippen LogP contribution in [0.25, 0.3) is 16.7 Å². The minimum atomic E-state index is 0.193. The molecule has 0 spiro atoms. The number of hydrogen-bond donors (Lipinski definition) is 0. The Morgan fingerprint density at radius 2 is 1.64 bits per heavy atom. The van der Waals surface area contributed by atoms with Crippen molar-refractivity contribution < 1.29 is 0 Å². The molecule has 1 aliphatic heterocycles. The Morgan fingerprint density at radius 1 is 0.944 bits per heavy atom. The van der Waals surface area contributed by atoms with E-state index in [0.29, 0.717) is 6.71 Å². The molecule has 0 aliphatic carbocycles. The van der Waals surface area contributed by atoms with Gasteiger partial charge in [-0.15, -0.1) is 0 Å². The second kappa shape index (κ2) is 11.6. The molecule has 1 heterocycles. The van der Waals surface area contributed by atoms with Crippen LogP contribution < -0.4 is 16.4 Å². The van der Waals surface area contributed by atoms with Crippen LogP contribution >= 0.6 is 0 Å². The molecule has 0 aromatic heterocycles. The van der Waals surface area contributed by atoms with Gasteiger partial charge in [0.25, 0.3) is 0 Å². The Kier molecular flexibility index (Phi) is 8.31. The summed E-state index contributed by atoms with van der Waals surface area (Å²) < 4.78 is 0. The van der Waals surface area contributed by atoms with Crippen molar-refractivity contribution in [3.63, 3.8) is 0 Å². The average Bonchev–Trinajstić information content (AvgIpc) is 3.25. The van der Waals surface area contributed by atoms with Gasteiger partial charge in [-0.25, -0.2) is 0 Å². The molecular formula is C33H35B3. The van der Waals surface area contributed by atoms with Gasteiger partial charge in [-0.1, -0.05) is 0 Å². The van der Waals surface area contributed by atoms with Crippen molar-refractivity contribution in [1.29, 1.82) is 0 Å². The number of hydrogen-bond acceptors (Lipinski definition) is 0. The van der Waals surface area contributed by atoms with Crippen molar-refractivity contribution in [3.05, 3.63) is 120 Å². The van der Waals surface area contributed by atoms with Gasteiger partial charge in [0.05, 0.1) is 0 Å². The van der Waals surface area contributed by atoms with Gasteiger partial charge in [0.15, 0.2) is 0 Å². The standard InChI is InChI=1S/C33H35B3/c1-7-16-30(35(6)26-17-12-11-13-18-26)27(9-3)25-21-22-29-28-19-14-15-20-31(28)36(32(29)23-25)33(10-4)34-24(5)8-2/h7-8,10-23H,4,9H2,1-3,5-6H3/b16-7-,24-8-,30-27-. The Labute approximate surface area is 219 Å². The van der Waals surface area contributed by atoms with Crippen LogP contribution in [-0.2, 0) is 0 Å². The zero-order valence-electron chi connectivity index (χ0n) is 22.4. The first-order valence-corrected chi connectivity index (χ1v) is 13.1. The van der Waals surface area contributed by atoms with Gasteiger partial charge in [0.2, 0.25) is 0 Å². The number of benzene rings is 3. The van der Waals surface area contributed by atoms with Crippen LogP contribution in [0.1, 0.15) is 39.7 Å². The molecule has 0 saturated carbocycles. The SMILES string of the molecule is C=CC(=B/C(C)=C\C)B1c2ccccc2-c2ccc(/C(CC)=C(/C=C\C)B(C)c3ccccc3)cc21. The van der Waals surface area contributed by atoms with Gasteiger partial charge in [-0.2, -0.15) is 0 Å². The van der Waals surface area contributed by atoms with E-state index in [1.165, 1.54) is 55.0 Å². The summed E-state index contributed by atoms with van der Waals surface area (Å²) in [6.07, 6.45) is 9.66. The molecule has 3 heteroatoms. The average molecular weight is 464 g/mol. The zero-order valence-corrected chi connectivity index (χ0v) is 22.4. The number of allylic oxidation sites excluding steroid dienone is 7. The molecule has 0 amide bonds. The summed E-state index contributed by atoms with van der Waals surface area (Å²) >= 11 is 0. The Morgan fingerprint density at radius 3 is 2.31 bits per heavy atom. The monoisotopic (exact) mass is 464 g/mol. The van der Waals surface area contributed by atoms with Crippen LogP contribution in [0, 0.1) is 0 Å². The first kappa shape index (κ1) is 25.8. The summed E-state index contributed by atoms with van der Waals surface area (Å²) in [5, 5.41) is 1.25. The first-order chi connectivity index (χ1) is 17.5. The number of rotatable bonds is 8. The molecule has 0 unspecified atom stereocenters. The molecule has 3 aromatic carbocycles. The normalized spacial score (nSPS) is 13.8. The summed E-state index contributed by atoms with van der Waals surface area (Å²) in [4.78, 5) is 0. The van der Waals surface area contributed by atoms with Crippen LogP contribution in [0.5, 0.6) is 0 Å². The van der Waals surface area contributed by atoms with Gasteiger partial charge in [0.1, 0.15) is 0 Å². The summed E-state index contributed by atoms with van der Waals surface area (Å²) in [6, 6.07) is 26.8. The van der Waals surface area contributed by atoms with Crippen molar-refractivity contribution >= 4 is 47.7 Å². The van der Waals surface area contributed by atoms with Gasteiger partial charge >= 0.3 is 220 Å². The van der Waals surface area contributed by atoms with Crippen molar-refractivity contribution in [2.24, 2.45) is 0 Å². The second-order valence-corrected chi connectivity index (χ2v) is 9.62. The van der Waals surface area contributed by atoms with E-state index in [9.17, 15) is 0 Å². The van der Waals surface area contributed by atoms with E-state index in [1.54, 1.807) is 0 Å². The third-order valence-electron chi connectivity index (χ3n) is 7.51. The van der Waals surface area contributed by atoms with Gasteiger partial charge < -0.3 is 0 Å². The van der Waals surface area contributed by atoms with Crippen molar-refractivity contribution in [2.45, 2.75) is 40.9 Å². The third kappa shape index (κ3) is 4.98. The van der Waals surface area contributed by atoms with Crippen molar-refractivity contribution in [1.82, 2.24) is 0 Å². The molecular weight excluding hydrogens is 429 g/mol. The topological polar surface area (TPSA) is 0 Å². The molecule has 0 saturated heterocycles. The van der Waals surface area contributed by atoms with Crippen LogP contribution in [0.3, 0.4) is 0 Å². The van der Waals surface area contributed by atoms with E-state index in [0.717, 1.165) is 6.42 Å². The molecule has 0 bridgehead atoms. The molecule has 0 radical (unpaired) electrons. The van der Waals surface area contributed by atoms with E-state index in [-0.39, 0.29) is 6.71 Å². The van der Waals surface area contributed by atoms with Crippen LogP contribution in [-0.4, -0.2) is 25.7 Å². The summed E-state index contributed by atoms with van der Waals surface area (Å²) in [5.74, 6) is 0. The van der Waals surface area contributed by atoms with Gasteiger partial charge in [-0.05, 0) is 0 Å². The third-order valence-corrected chi connectivity index (χ3v) is 7.51. The fourth-order valence-corrected chi connectivity index (χ4v) is 5.54. The predicted molar refractivity (Wildman–Crippen MR) is 167 cm³/mol. The van der Waals surface area contributed by atoms with Gasteiger partial charge in [0, 0.05) is 0 Å². The Bertz CT molecular complexity index is 1370. The van der Waals surface area contributed by atoms with Crippen LogP contribution in [0.2, 0.25) is 6.82 Å². The summed E-state index contributed by atoms with van der Waals surface area (Å²) in [6.45, 7) is 18.0. The maximum atomic E-state index is 4.21. The van der Waals surface area contributed by atoms with E-state index < -0.39 is 0 Å². The minimum absolute atomic E-state index is 0.193. The Hall–Kier alpha value is -3.32. The molecule has 1 aliphatic rings. The second-order valence-electron chi connectivity index (χ2n) is 9.62. The zero-order chi connectivity index (χ0) is 25.7. The van der Waals surface area contributed by atoms with Crippen molar-refractivity contribution in [2.75, 3.05) is 0 Å². The molecule has 3 aromatic rings. The van der Waals surface area contributed by atoms with E-state index in [4.69, 9.17) is 0 Å². The van der Waals surface area contributed by atoms with E-state index >= 15 is 0 Å². The quantitative estimate of drug-likeness (QED) is 0.279. The molecule has 0 nitrogen and oxygen atoms in total. The molecule has 0 N–H and O–H groups in total. The number of fused-ring (bicyclic) bond motifs is 3. The summed E-state index contributed by atoms with van der Waals surface area (Å²) in [7, 11) is 0. The van der Waals surface area contributed by atoms with Crippen LogP contribution in [0.15, 0.2) is 115 Å². The Balaban J connectivity index is 1.92. The molecule has 176 valence electrons. The van der Waals surface area contributed by atoms with Crippen molar-refractivity contribution in [3.8, 4) is 11.1 Å². The first-order valence-electron chi connectivity index (χ1n) is 13.1. The molecule has 0 atom stereocenters. The van der Waals surface area contributed by atoms with Gasteiger partial charge in [-0.3, -0.25) is 0 Å².